The van der Waals surface area contributed by atoms with Gasteiger partial charge in [0.25, 0.3) is 5.91 Å². The second kappa shape index (κ2) is 14.0. The molecule has 2 aromatic heterocycles. The molecule has 2 N–H and O–H groups in total. The van der Waals surface area contributed by atoms with Gasteiger partial charge in [-0.05, 0) is 40.5 Å². The summed E-state index contributed by atoms with van der Waals surface area (Å²) in [7, 11) is 3.16. The van der Waals surface area contributed by atoms with Gasteiger partial charge in [0.15, 0.2) is 5.82 Å². The summed E-state index contributed by atoms with van der Waals surface area (Å²) in [4.78, 5) is 29.9. The Hall–Kier alpha value is -4.77. The lowest BCUT2D eigenvalue weighted by Crippen LogP contribution is -2.48. The van der Waals surface area contributed by atoms with Crippen molar-refractivity contribution in [3.63, 3.8) is 0 Å². The minimum Gasteiger partial charge on any atom is -0.496 e. The Morgan fingerprint density at radius 2 is 1.65 bits per heavy atom. The van der Waals surface area contributed by atoms with Crippen molar-refractivity contribution in [1.82, 2.24) is 30.2 Å². The van der Waals surface area contributed by atoms with E-state index in [-0.39, 0.29) is 5.41 Å². The van der Waals surface area contributed by atoms with Crippen molar-refractivity contribution >= 4 is 11.9 Å². The molecule has 260 valence electrons. The van der Waals surface area contributed by atoms with Gasteiger partial charge in [0.05, 0.1) is 37.7 Å². The van der Waals surface area contributed by atoms with E-state index in [0.717, 1.165) is 22.4 Å². The predicted molar refractivity (Wildman–Crippen MR) is 187 cm³/mol. The number of carboxylic acid groups (broad SMARTS) is 1. The fraction of sp³-hybridized carbons (Fsp3) is 0.447. The Bertz CT molecular complexity index is 1780. The third-order valence-corrected chi connectivity index (χ3v) is 9.46. The molecule has 0 saturated carbocycles. The van der Waals surface area contributed by atoms with Crippen LogP contribution in [0.2, 0.25) is 0 Å². The second-order valence-corrected chi connectivity index (χ2v) is 14.6. The number of ether oxygens (including phenoxy) is 2. The third-order valence-electron chi connectivity index (χ3n) is 9.46. The standard InChI is InChI=1S/C38H48N6O5/c1-10-27-26(22-40-44(27)29-18-19-30(49-9)42-41-29)35(45)43-33(23-14-12-11-13-15-23)32(31(38(5,6)7)34(43)36(46)47)39-21-24-20-25(37(2,3)4)16-17-28(24)48-8/h11-20,22,31-34,39H,10,21H2,1-9H3,(H,46,47)/t31-,32-,33-,34-/m0/s1. The summed E-state index contributed by atoms with van der Waals surface area (Å²) in [6, 6.07) is 17.1. The zero-order valence-corrected chi connectivity index (χ0v) is 29.9. The highest BCUT2D eigenvalue weighted by atomic mass is 16.5. The lowest BCUT2D eigenvalue weighted by atomic mass is 9.72. The third kappa shape index (κ3) is 7.03. The summed E-state index contributed by atoms with van der Waals surface area (Å²) in [6.45, 7) is 15.0. The maximum atomic E-state index is 14.9. The van der Waals surface area contributed by atoms with Crippen molar-refractivity contribution < 1.29 is 24.2 Å². The van der Waals surface area contributed by atoms with Crippen LogP contribution in [0.5, 0.6) is 11.6 Å². The number of rotatable bonds is 10. The van der Waals surface area contributed by atoms with Crippen molar-refractivity contribution in [1.29, 1.82) is 0 Å². The van der Waals surface area contributed by atoms with Crippen molar-refractivity contribution in [2.24, 2.45) is 11.3 Å². The number of amides is 1. The van der Waals surface area contributed by atoms with E-state index in [1.54, 1.807) is 28.8 Å². The Morgan fingerprint density at radius 1 is 0.939 bits per heavy atom. The fourth-order valence-electron chi connectivity index (χ4n) is 7.08. The van der Waals surface area contributed by atoms with Gasteiger partial charge in [-0.1, -0.05) is 90.9 Å². The van der Waals surface area contributed by atoms with Gasteiger partial charge in [0, 0.05) is 30.1 Å². The zero-order chi connectivity index (χ0) is 35.7. The van der Waals surface area contributed by atoms with Gasteiger partial charge < -0.3 is 24.8 Å². The van der Waals surface area contributed by atoms with E-state index < -0.39 is 41.3 Å². The Kier molecular flexibility index (Phi) is 10.1. The van der Waals surface area contributed by atoms with Crippen LogP contribution in [0.15, 0.2) is 66.9 Å². The number of benzene rings is 2. The van der Waals surface area contributed by atoms with Crippen molar-refractivity contribution in [3.8, 4) is 17.4 Å². The topological polar surface area (TPSA) is 132 Å². The number of carbonyl (C=O) groups excluding carboxylic acids is 1. The van der Waals surface area contributed by atoms with E-state index in [2.05, 4.69) is 53.5 Å². The number of likely N-dealkylation sites (tertiary alicyclic amines) is 1. The van der Waals surface area contributed by atoms with E-state index in [9.17, 15) is 14.7 Å². The number of aromatic nitrogens is 4. The quantitative estimate of drug-likeness (QED) is 0.209. The summed E-state index contributed by atoms with van der Waals surface area (Å²) >= 11 is 0. The molecular weight excluding hydrogens is 620 g/mol. The summed E-state index contributed by atoms with van der Waals surface area (Å²) < 4.78 is 12.5. The van der Waals surface area contributed by atoms with E-state index >= 15 is 0 Å². The van der Waals surface area contributed by atoms with Gasteiger partial charge in [0.1, 0.15) is 11.8 Å². The molecule has 0 aliphatic carbocycles. The van der Waals surface area contributed by atoms with Crippen molar-refractivity contribution in [3.05, 3.63) is 94.8 Å². The summed E-state index contributed by atoms with van der Waals surface area (Å²) in [5, 5.41) is 27.5. The highest BCUT2D eigenvalue weighted by molar-refractivity contribution is 5.98. The van der Waals surface area contributed by atoms with Crippen molar-refractivity contribution in [2.45, 2.75) is 85.0 Å². The molecule has 1 fully saturated rings. The molecule has 11 heteroatoms. The highest BCUT2D eigenvalue weighted by Crippen LogP contribution is 2.49. The van der Waals surface area contributed by atoms with Crippen LogP contribution in [0.1, 0.15) is 87.3 Å². The second-order valence-electron chi connectivity index (χ2n) is 14.6. The molecule has 3 heterocycles. The predicted octanol–water partition coefficient (Wildman–Crippen LogP) is 6.01. The van der Waals surface area contributed by atoms with Gasteiger partial charge in [0.2, 0.25) is 5.88 Å². The molecule has 1 aliphatic rings. The SMILES string of the molecule is CCc1c(C(=O)N2[C@H](C(=O)O)[C@@H](C(C)(C)C)[C@H](NCc3cc(C(C)(C)C)ccc3OC)[C@@H]2c2ccccc2)cnn1-c1ccc(OC)nn1. The molecule has 0 radical (unpaired) electrons. The molecule has 1 amide bonds. The minimum absolute atomic E-state index is 0.0780. The summed E-state index contributed by atoms with van der Waals surface area (Å²) in [5.41, 5.74) is 3.30. The van der Waals surface area contributed by atoms with E-state index in [0.29, 0.717) is 35.9 Å². The molecule has 0 spiro atoms. The van der Waals surface area contributed by atoms with Crippen molar-refractivity contribution in [2.75, 3.05) is 14.2 Å². The van der Waals surface area contributed by atoms with Crippen LogP contribution >= 0.6 is 0 Å². The first kappa shape index (κ1) is 35.5. The number of aliphatic carboxylic acids is 1. The average molecular weight is 669 g/mol. The molecule has 1 saturated heterocycles. The van der Waals surface area contributed by atoms with Gasteiger partial charge >= 0.3 is 5.97 Å². The van der Waals surface area contributed by atoms with Crippen LogP contribution in [0.25, 0.3) is 5.82 Å². The first-order valence-corrected chi connectivity index (χ1v) is 16.7. The number of methoxy groups -OCH3 is 2. The fourth-order valence-corrected chi connectivity index (χ4v) is 7.08. The van der Waals surface area contributed by atoms with Crippen LogP contribution in [-0.2, 0) is 23.2 Å². The Morgan fingerprint density at radius 3 is 2.20 bits per heavy atom. The lowest BCUT2D eigenvalue weighted by molar-refractivity contribution is -0.144. The molecule has 0 bridgehead atoms. The summed E-state index contributed by atoms with van der Waals surface area (Å²) in [6.07, 6.45) is 1.95. The Labute approximate surface area is 288 Å². The molecule has 0 unspecified atom stereocenters. The number of hydrogen-bond donors (Lipinski definition) is 2. The Balaban J connectivity index is 1.64. The molecule has 11 nitrogen and oxygen atoms in total. The van der Waals surface area contributed by atoms with Crippen LogP contribution in [0, 0.1) is 11.3 Å². The lowest BCUT2D eigenvalue weighted by Gasteiger charge is -2.35. The van der Waals surface area contributed by atoms with E-state index in [1.165, 1.54) is 13.3 Å². The molecule has 4 atom stereocenters. The van der Waals surface area contributed by atoms with Gasteiger partial charge in [-0.3, -0.25) is 4.79 Å². The number of nitrogens with one attached hydrogen (secondary N) is 1. The molecule has 4 aromatic rings. The smallest absolute Gasteiger partial charge is 0.326 e. The zero-order valence-electron chi connectivity index (χ0n) is 29.9. The van der Waals surface area contributed by atoms with Crippen LogP contribution in [-0.4, -0.2) is 68.2 Å². The number of carboxylic acids is 1. The highest BCUT2D eigenvalue weighted by Gasteiger charge is 2.58. The van der Waals surface area contributed by atoms with E-state index in [4.69, 9.17) is 9.47 Å². The maximum absolute atomic E-state index is 14.9. The van der Waals surface area contributed by atoms with Crippen LogP contribution in [0.4, 0.5) is 0 Å². The maximum Gasteiger partial charge on any atom is 0.326 e. The first-order valence-electron chi connectivity index (χ1n) is 16.7. The largest absolute Gasteiger partial charge is 0.496 e. The van der Waals surface area contributed by atoms with Gasteiger partial charge in [-0.2, -0.15) is 5.10 Å². The first-order chi connectivity index (χ1) is 23.2. The van der Waals surface area contributed by atoms with Gasteiger partial charge in [-0.25, -0.2) is 9.48 Å². The summed E-state index contributed by atoms with van der Waals surface area (Å²) in [5.74, 6) is -0.415. The normalized spacial score (nSPS) is 19.6. The molecule has 1 aliphatic heterocycles. The average Bonchev–Trinajstić information content (AvgIpc) is 3.67. The van der Waals surface area contributed by atoms with Crippen LogP contribution < -0.4 is 14.8 Å². The van der Waals surface area contributed by atoms with Crippen LogP contribution in [0.3, 0.4) is 0 Å². The molecule has 5 rings (SSSR count). The number of nitrogens with zero attached hydrogens (tertiary/aromatic N) is 5. The monoisotopic (exact) mass is 668 g/mol. The number of carbonyl (C=O) groups is 2. The molecular formula is C38H48N6O5. The van der Waals surface area contributed by atoms with E-state index in [1.807, 2.05) is 64.1 Å². The number of hydrogen-bond acceptors (Lipinski definition) is 8. The van der Waals surface area contributed by atoms with Gasteiger partial charge in [-0.15, -0.1) is 10.2 Å². The minimum atomic E-state index is -1.13. The molecule has 2 aromatic carbocycles. The molecule has 49 heavy (non-hydrogen) atoms.